The smallest absolute Gasteiger partial charge is 0.254 e. The van der Waals surface area contributed by atoms with E-state index in [1.807, 2.05) is 0 Å². The number of carbonyl (C=O) groups excluding carboxylic acids is 1. The molecule has 7 heteroatoms. The van der Waals surface area contributed by atoms with Gasteiger partial charge in [0, 0.05) is 6.20 Å². The van der Waals surface area contributed by atoms with Crippen LogP contribution in [0.4, 0.5) is 4.39 Å². The van der Waals surface area contributed by atoms with Crippen LogP contribution >= 0.6 is 0 Å². The van der Waals surface area contributed by atoms with E-state index in [0.29, 0.717) is 5.76 Å². The molecule has 1 amide bonds. The average molecular weight is 329 g/mol. The molecule has 6 nitrogen and oxygen atoms in total. The molecule has 24 heavy (non-hydrogen) atoms. The summed E-state index contributed by atoms with van der Waals surface area (Å²) in [6, 6.07) is 9.42. The minimum Gasteiger partial charge on any atom is -0.466 e. The third kappa shape index (κ3) is 3.21. The molecular formula is C17H16FN3O3. The molecule has 0 radical (unpaired) electrons. The van der Waals surface area contributed by atoms with Gasteiger partial charge in [-0.2, -0.15) is 5.10 Å². The number of rotatable bonds is 5. The van der Waals surface area contributed by atoms with Gasteiger partial charge in [-0.3, -0.25) is 4.79 Å². The van der Waals surface area contributed by atoms with Crippen molar-refractivity contribution < 1.29 is 18.7 Å². The number of hydrogen-bond donors (Lipinski definition) is 2. The molecule has 0 aliphatic carbocycles. The fourth-order valence-electron chi connectivity index (χ4n) is 2.24. The van der Waals surface area contributed by atoms with E-state index in [0.717, 1.165) is 0 Å². The highest BCUT2D eigenvalue weighted by Crippen LogP contribution is 2.20. The number of furan rings is 1. The van der Waals surface area contributed by atoms with E-state index in [-0.39, 0.29) is 17.8 Å². The monoisotopic (exact) mass is 329 g/mol. The van der Waals surface area contributed by atoms with Crippen molar-refractivity contribution in [3.63, 3.8) is 0 Å². The van der Waals surface area contributed by atoms with Crippen LogP contribution in [0.2, 0.25) is 0 Å². The van der Waals surface area contributed by atoms with E-state index >= 15 is 0 Å². The first kappa shape index (κ1) is 15.9. The van der Waals surface area contributed by atoms with Gasteiger partial charge in [-0.15, -0.1) is 0 Å². The minimum atomic E-state index is -1.33. The van der Waals surface area contributed by atoms with E-state index in [1.54, 1.807) is 30.3 Å². The van der Waals surface area contributed by atoms with Crippen LogP contribution in [0.1, 0.15) is 23.0 Å². The van der Waals surface area contributed by atoms with Crippen LogP contribution in [-0.4, -0.2) is 27.3 Å². The number of benzene rings is 1. The molecule has 3 rings (SSSR count). The highest BCUT2D eigenvalue weighted by atomic mass is 19.1. The zero-order chi connectivity index (χ0) is 17.2. The highest BCUT2D eigenvalue weighted by molar-refractivity contribution is 5.93. The summed E-state index contributed by atoms with van der Waals surface area (Å²) in [5.74, 6) is -0.511. The molecule has 1 atom stereocenters. The third-order valence-corrected chi connectivity index (χ3v) is 3.59. The predicted molar refractivity (Wildman–Crippen MR) is 84.1 cm³/mol. The van der Waals surface area contributed by atoms with Crippen LogP contribution in [0.25, 0.3) is 5.69 Å². The number of amides is 1. The first-order valence-electron chi connectivity index (χ1n) is 7.31. The predicted octanol–water partition coefficient (Wildman–Crippen LogP) is 2.24. The Labute approximate surface area is 137 Å². The second-order valence-corrected chi connectivity index (χ2v) is 5.56. The Morgan fingerprint density at radius 1 is 1.38 bits per heavy atom. The summed E-state index contributed by atoms with van der Waals surface area (Å²) in [5.41, 5.74) is -0.826. The summed E-state index contributed by atoms with van der Waals surface area (Å²) in [5, 5.41) is 16.9. The molecule has 1 unspecified atom stereocenters. The van der Waals surface area contributed by atoms with Gasteiger partial charge >= 0.3 is 0 Å². The summed E-state index contributed by atoms with van der Waals surface area (Å²) < 4.78 is 20.2. The largest absolute Gasteiger partial charge is 0.466 e. The number of nitrogens with one attached hydrogen (secondary N) is 1. The van der Waals surface area contributed by atoms with E-state index in [9.17, 15) is 14.3 Å². The maximum Gasteiger partial charge on any atom is 0.254 e. The number of halogens is 1. The van der Waals surface area contributed by atoms with E-state index in [4.69, 9.17) is 4.42 Å². The Kier molecular flexibility index (Phi) is 4.18. The molecule has 2 aromatic heterocycles. The maximum absolute atomic E-state index is 13.7. The van der Waals surface area contributed by atoms with Gasteiger partial charge < -0.3 is 14.8 Å². The van der Waals surface area contributed by atoms with Gasteiger partial charge in [-0.1, -0.05) is 12.1 Å². The lowest BCUT2D eigenvalue weighted by molar-refractivity contribution is 0.0330. The number of aliphatic hydroxyl groups is 1. The standard InChI is InChI=1S/C17H16FN3O3/c1-17(23,15-7-4-8-24-15)11-19-16(22)12-9-20-21(10-12)14-6-3-2-5-13(14)18/h2-10,23H,11H2,1H3,(H,19,22). The summed E-state index contributed by atoms with van der Waals surface area (Å²) in [7, 11) is 0. The van der Waals surface area contributed by atoms with Crippen molar-refractivity contribution in [3.8, 4) is 5.69 Å². The fourth-order valence-corrected chi connectivity index (χ4v) is 2.24. The number of carbonyl (C=O) groups is 1. The topological polar surface area (TPSA) is 80.3 Å². The first-order chi connectivity index (χ1) is 11.5. The molecule has 3 aromatic rings. The summed E-state index contributed by atoms with van der Waals surface area (Å²) in [6.45, 7) is 1.50. The Hall–Kier alpha value is -2.93. The van der Waals surface area contributed by atoms with Crippen molar-refractivity contribution >= 4 is 5.91 Å². The van der Waals surface area contributed by atoms with Crippen LogP contribution in [0.5, 0.6) is 0 Å². The first-order valence-corrected chi connectivity index (χ1v) is 7.31. The van der Waals surface area contributed by atoms with Crippen LogP contribution in [0, 0.1) is 5.82 Å². The van der Waals surface area contributed by atoms with Gasteiger partial charge in [0.05, 0.1) is 24.6 Å². The molecule has 0 aliphatic rings. The lowest BCUT2D eigenvalue weighted by atomic mass is 10.0. The molecule has 124 valence electrons. The van der Waals surface area contributed by atoms with Crippen molar-refractivity contribution in [2.75, 3.05) is 6.54 Å². The fraction of sp³-hybridized carbons (Fsp3) is 0.176. The quantitative estimate of drug-likeness (QED) is 0.752. The third-order valence-electron chi connectivity index (χ3n) is 3.59. The Balaban J connectivity index is 1.70. The van der Waals surface area contributed by atoms with Gasteiger partial charge in [0.15, 0.2) is 0 Å². The molecule has 2 N–H and O–H groups in total. The highest BCUT2D eigenvalue weighted by Gasteiger charge is 2.27. The Morgan fingerprint density at radius 2 is 2.17 bits per heavy atom. The molecule has 0 spiro atoms. The molecule has 2 heterocycles. The van der Waals surface area contributed by atoms with Crippen molar-refractivity contribution in [1.29, 1.82) is 0 Å². The van der Waals surface area contributed by atoms with Gasteiger partial charge in [0.25, 0.3) is 5.91 Å². The van der Waals surface area contributed by atoms with Crippen LogP contribution in [0.3, 0.4) is 0 Å². The van der Waals surface area contributed by atoms with Crippen LogP contribution in [0.15, 0.2) is 59.5 Å². The second kappa shape index (κ2) is 6.29. The van der Waals surface area contributed by atoms with Crippen molar-refractivity contribution in [1.82, 2.24) is 15.1 Å². The van der Waals surface area contributed by atoms with Crippen molar-refractivity contribution in [2.45, 2.75) is 12.5 Å². The lowest BCUT2D eigenvalue weighted by Gasteiger charge is -2.20. The molecule has 0 aliphatic heterocycles. The van der Waals surface area contributed by atoms with Gasteiger partial charge in [-0.05, 0) is 31.2 Å². The summed E-state index contributed by atoms with van der Waals surface area (Å²) in [4.78, 5) is 12.2. The Bertz CT molecular complexity index is 840. The average Bonchev–Trinajstić information content (AvgIpc) is 3.25. The summed E-state index contributed by atoms with van der Waals surface area (Å²) in [6.07, 6.45) is 4.21. The van der Waals surface area contributed by atoms with Gasteiger partial charge in [-0.25, -0.2) is 9.07 Å². The second-order valence-electron chi connectivity index (χ2n) is 5.56. The van der Waals surface area contributed by atoms with E-state index < -0.39 is 17.3 Å². The number of aromatic nitrogens is 2. The van der Waals surface area contributed by atoms with Gasteiger partial charge in [0.2, 0.25) is 0 Å². The number of nitrogens with zero attached hydrogens (tertiary/aromatic N) is 2. The molecule has 1 aromatic carbocycles. The lowest BCUT2D eigenvalue weighted by Crippen LogP contribution is -2.38. The van der Waals surface area contributed by atoms with Crippen molar-refractivity contribution in [2.24, 2.45) is 0 Å². The van der Waals surface area contributed by atoms with Crippen LogP contribution < -0.4 is 5.32 Å². The molecule has 0 saturated carbocycles. The Morgan fingerprint density at radius 3 is 2.88 bits per heavy atom. The normalized spacial score (nSPS) is 13.5. The van der Waals surface area contributed by atoms with Gasteiger partial charge in [0.1, 0.15) is 22.9 Å². The van der Waals surface area contributed by atoms with E-state index in [2.05, 4.69) is 10.4 Å². The maximum atomic E-state index is 13.7. The zero-order valence-electron chi connectivity index (χ0n) is 12.9. The molecular weight excluding hydrogens is 313 g/mol. The summed E-state index contributed by atoms with van der Waals surface area (Å²) >= 11 is 0. The zero-order valence-corrected chi connectivity index (χ0v) is 12.9. The van der Waals surface area contributed by atoms with Crippen molar-refractivity contribution in [3.05, 3.63) is 72.2 Å². The number of hydrogen-bond acceptors (Lipinski definition) is 4. The molecule has 0 fully saturated rings. The number of para-hydroxylation sites is 1. The van der Waals surface area contributed by atoms with Crippen LogP contribution in [-0.2, 0) is 5.60 Å². The molecule has 0 saturated heterocycles. The SMILES string of the molecule is CC(O)(CNC(=O)c1cnn(-c2ccccc2F)c1)c1ccco1. The van der Waals surface area contributed by atoms with E-state index in [1.165, 1.54) is 36.3 Å². The molecule has 0 bridgehead atoms. The minimum absolute atomic E-state index is 0.0375.